The van der Waals surface area contributed by atoms with Crippen LogP contribution in [0.25, 0.3) is 11.5 Å². The lowest BCUT2D eigenvalue weighted by Gasteiger charge is -2.31. The molecule has 1 N–H and O–H groups in total. The van der Waals surface area contributed by atoms with Gasteiger partial charge in [-0.2, -0.15) is 13.2 Å². The maximum absolute atomic E-state index is 13.9. The van der Waals surface area contributed by atoms with Gasteiger partial charge >= 0.3 is 18.2 Å². The minimum atomic E-state index is -4.80. The predicted octanol–water partition coefficient (Wildman–Crippen LogP) is 4.69. The molecule has 3 rings (SSSR count). The third-order valence-corrected chi connectivity index (χ3v) is 5.67. The lowest BCUT2D eigenvalue weighted by Crippen LogP contribution is -2.40. The maximum atomic E-state index is 13.9. The fourth-order valence-electron chi connectivity index (χ4n) is 3.68. The lowest BCUT2D eigenvalue weighted by molar-refractivity contribution is -0.140. The van der Waals surface area contributed by atoms with Gasteiger partial charge in [-0.25, -0.2) is 14.2 Å². The number of carboxylic acid groups (broad SMARTS) is 1. The fourth-order valence-corrected chi connectivity index (χ4v) is 3.68. The highest BCUT2D eigenvalue weighted by atomic mass is 19.4. The van der Waals surface area contributed by atoms with Crippen molar-refractivity contribution in [3.05, 3.63) is 41.0 Å². The van der Waals surface area contributed by atoms with Gasteiger partial charge in [0.2, 0.25) is 5.89 Å². The third kappa shape index (κ3) is 7.41. The highest BCUT2D eigenvalue weighted by Crippen LogP contribution is 2.33. The minimum Gasteiger partial charge on any atom is -0.481 e. The number of carboxylic acids is 1. The first-order valence-electron chi connectivity index (χ1n) is 11.1. The van der Waals surface area contributed by atoms with Gasteiger partial charge in [0.05, 0.1) is 30.9 Å². The standard InChI is InChI=1S/C23H26F4N2O6/c1-14-19(28-21(35-14)16-2-3-17(18(24)12-16)23(25,26)27)6-11-34-22(32)29-8-4-15(5-9-29)13-33-10-7-20(30)31/h2-3,12,15H,4-11,13H2,1H3,(H,30,31). The zero-order valence-corrected chi connectivity index (χ0v) is 19.1. The Hall–Kier alpha value is -3.15. The molecule has 0 radical (unpaired) electrons. The second-order valence-electron chi connectivity index (χ2n) is 8.23. The van der Waals surface area contributed by atoms with Crippen molar-refractivity contribution in [1.29, 1.82) is 0 Å². The van der Waals surface area contributed by atoms with Crippen molar-refractivity contribution >= 4 is 12.1 Å². The molecule has 0 spiro atoms. The van der Waals surface area contributed by atoms with Gasteiger partial charge in [-0.15, -0.1) is 0 Å². The molecule has 0 saturated carbocycles. The molecule has 1 aliphatic heterocycles. The first-order valence-corrected chi connectivity index (χ1v) is 11.1. The van der Waals surface area contributed by atoms with E-state index in [2.05, 4.69) is 4.98 Å². The molecule has 1 saturated heterocycles. The molecule has 0 aliphatic carbocycles. The van der Waals surface area contributed by atoms with Gasteiger partial charge in [-0.05, 0) is 43.9 Å². The van der Waals surface area contributed by atoms with Crippen molar-refractivity contribution in [3.63, 3.8) is 0 Å². The first kappa shape index (κ1) is 26.5. The summed E-state index contributed by atoms with van der Waals surface area (Å²) >= 11 is 0. The molecule has 1 amide bonds. The van der Waals surface area contributed by atoms with E-state index in [9.17, 15) is 27.2 Å². The van der Waals surface area contributed by atoms with Gasteiger partial charge < -0.3 is 23.9 Å². The number of hydrogen-bond acceptors (Lipinski definition) is 6. The number of carbonyl (C=O) groups excluding carboxylic acids is 1. The molecule has 2 heterocycles. The number of ether oxygens (including phenoxy) is 2. The van der Waals surface area contributed by atoms with Crippen molar-refractivity contribution in [2.45, 2.75) is 38.8 Å². The molecule has 1 aromatic carbocycles. The lowest BCUT2D eigenvalue weighted by atomic mass is 9.98. The van der Waals surface area contributed by atoms with Crippen LogP contribution in [0.15, 0.2) is 22.6 Å². The summed E-state index contributed by atoms with van der Waals surface area (Å²) in [5.74, 6) is -1.71. The number of aromatic nitrogens is 1. The number of nitrogens with zero attached hydrogens (tertiary/aromatic N) is 2. The molecule has 1 aromatic heterocycles. The Kier molecular flexibility index (Phi) is 8.71. The summed E-state index contributed by atoms with van der Waals surface area (Å²) < 4.78 is 68.2. The third-order valence-electron chi connectivity index (χ3n) is 5.67. The summed E-state index contributed by atoms with van der Waals surface area (Å²) in [7, 11) is 0. The van der Waals surface area contributed by atoms with Gasteiger partial charge in [-0.3, -0.25) is 4.79 Å². The Labute approximate surface area is 198 Å². The molecule has 2 aromatic rings. The smallest absolute Gasteiger partial charge is 0.419 e. The number of aliphatic carboxylic acids is 1. The second kappa shape index (κ2) is 11.5. The van der Waals surface area contributed by atoms with Gasteiger partial charge in [0.25, 0.3) is 0 Å². The Balaban J connectivity index is 1.45. The number of halogens is 4. The molecule has 35 heavy (non-hydrogen) atoms. The summed E-state index contributed by atoms with van der Waals surface area (Å²) in [6, 6.07) is 2.44. The van der Waals surface area contributed by atoms with Crippen LogP contribution in [0.5, 0.6) is 0 Å². The van der Waals surface area contributed by atoms with E-state index in [1.54, 1.807) is 11.8 Å². The zero-order valence-electron chi connectivity index (χ0n) is 19.1. The summed E-state index contributed by atoms with van der Waals surface area (Å²) in [4.78, 5) is 28.6. The van der Waals surface area contributed by atoms with E-state index >= 15 is 0 Å². The predicted molar refractivity (Wildman–Crippen MR) is 114 cm³/mol. The Morgan fingerprint density at radius 1 is 1.23 bits per heavy atom. The fraction of sp³-hybridized carbons (Fsp3) is 0.522. The second-order valence-corrected chi connectivity index (χ2v) is 8.23. The summed E-state index contributed by atoms with van der Waals surface area (Å²) in [5, 5.41) is 8.61. The molecule has 0 unspecified atom stereocenters. The van der Waals surface area contributed by atoms with Gasteiger partial charge in [0.1, 0.15) is 11.6 Å². The average molecular weight is 502 g/mol. The number of benzene rings is 1. The quantitative estimate of drug-likeness (QED) is 0.392. The van der Waals surface area contributed by atoms with Crippen LogP contribution in [-0.4, -0.2) is 60.0 Å². The van der Waals surface area contributed by atoms with Crippen molar-refractivity contribution in [1.82, 2.24) is 9.88 Å². The highest BCUT2D eigenvalue weighted by Gasteiger charge is 2.34. The van der Waals surface area contributed by atoms with Crippen molar-refractivity contribution < 1.29 is 46.1 Å². The van der Waals surface area contributed by atoms with Crippen LogP contribution in [0.4, 0.5) is 22.4 Å². The number of likely N-dealkylation sites (tertiary alicyclic amines) is 1. The van der Waals surface area contributed by atoms with E-state index in [0.717, 1.165) is 25.0 Å². The van der Waals surface area contributed by atoms with E-state index in [-0.39, 0.29) is 43.4 Å². The topological polar surface area (TPSA) is 102 Å². The zero-order chi connectivity index (χ0) is 25.6. The van der Waals surface area contributed by atoms with E-state index in [1.807, 2.05) is 0 Å². The molecular formula is C23H26F4N2O6. The number of oxazole rings is 1. The van der Waals surface area contributed by atoms with Crippen molar-refractivity contribution in [2.75, 3.05) is 32.9 Å². The van der Waals surface area contributed by atoms with Gasteiger partial charge in [0, 0.05) is 31.7 Å². The molecule has 1 aliphatic rings. The Morgan fingerprint density at radius 3 is 2.57 bits per heavy atom. The van der Waals surface area contributed by atoms with E-state index < -0.39 is 29.6 Å². The molecule has 8 nitrogen and oxygen atoms in total. The SMILES string of the molecule is Cc1oc(-c2ccc(C(F)(F)F)c(F)c2)nc1CCOC(=O)N1CCC(COCCC(=O)O)CC1. The normalized spacial score (nSPS) is 14.8. The Bertz CT molecular complexity index is 1030. The molecule has 12 heteroatoms. The van der Waals surface area contributed by atoms with Crippen LogP contribution in [0.2, 0.25) is 0 Å². The maximum Gasteiger partial charge on any atom is 0.419 e. The molecule has 192 valence electrons. The van der Waals surface area contributed by atoms with Crippen molar-refractivity contribution in [2.24, 2.45) is 5.92 Å². The van der Waals surface area contributed by atoms with E-state index in [0.29, 0.717) is 37.2 Å². The van der Waals surface area contributed by atoms with E-state index in [4.69, 9.17) is 19.0 Å². The summed E-state index contributed by atoms with van der Waals surface area (Å²) in [6.45, 7) is 3.24. The van der Waals surface area contributed by atoms with Crippen LogP contribution >= 0.6 is 0 Å². The number of aryl methyl sites for hydroxylation is 1. The molecule has 1 fully saturated rings. The number of alkyl halides is 3. The number of hydrogen-bond donors (Lipinski definition) is 1. The number of rotatable bonds is 9. The molecule has 0 bridgehead atoms. The van der Waals surface area contributed by atoms with Crippen LogP contribution in [-0.2, 0) is 26.9 Å². The van der Waals surface area contributed by atoms with Crippen molar-refractivity contribution in [3.8, 4) is 11.5 Å². The van der Waals surface area contributed by atoms with E-state index in [1.165, 1.54) is 0 Å². The molecular weight excluding hydrogens is 476 g/mol. The highest BCUT2D eigenvalue weighted by molar-refractivity contribution is 5.67. The van der Waals surface area contributed by atoms with Crippen LogP contribution in [0, 0.1) is 18.7 Å². The van der Waals surface area contributed by atoms with Gasteiger partial charge in [0.15, 0.2) is 0 Å². The van der Waals surface area contributed by atoms with Gasteiger partial charge in [-0.1, -0.05) is 0 Å². The molecule has 0 atom stereocenters. The monoisotopic (exact) mass is 502 g/mol. The van der Waals surface area contributed by atoms with Crippen LogP contribution < -0.4 is 0 Å². The summed E-state index contributed by atoms with van der Waals surface area (Å²) in [5.41, 5.74) is -0.853. The number of amides is 1. The van der Waals surface area contributed by atoms with Crippen LogP contribution in [0.3, 0.4) is 0 Å². The first-order chi connectivity index (χ1) is 16.5. The number of carbonyl (C=O) groups is 2. The van der Waals surface area contributed by atoms with Crippen LogP contribution in [0.1, 0.15) is 36.3 Å². The largest absolute Gasteiger partial charge is 0.481 e. The number of piperidine rings is 1. The summed E-state index contributed by atoms with van der Waals surface area (Å²) in [6.07, 6.45) is -3.65. The average Bonchev–Trinajstić information content (AvgIpc) is 3.16. The Morgan fingerprint density at radius 2 is 1.94 bits per heavy atom. The minimum absolute atomic E-state index is 0.0191.